The quantitative estimate of drug-likeness (QED) is 0.617. The molecule has 0 spiro atoms. The minimum Gasteiger partial charge on any atom is -0.324 e. The molecule has 0 amide bonds. The topological polar surface area (TPSA) is 17.8 Å². The number of aromatic nitrogens is 2. The monoisotopic (exact) mass is 308 g/mol. The van der Waals surface area contributed by atoms with Gasteiger partial charge >= 0.3 is 0 Å². The minimum atomic E-state index is -0.216. The maximum Gasteiger partial charge on any atom is 0.133 e. The van der Waals surface area contributed by atoms with Gasteiger partial charge in [0.25, 0.3) is 0 Å². The molecule has 2 aromatic carbocycles. The first-order valence-electron chi connectivity index (χ1n) is 8.02. The maximum absolute atomic E-state index is 13.0. The summed E-state index contributed by atoms with van der Waals surface area (Å²) in [7, 11) is 0. The molecule has 0 aliphatic heterocycles. The Morgan fingerprint density at radius 3 is 2.52 bits per heavy atom. The summed E-state index contributed by atoms with van der Waals surface area (Å²) in [5.41, 5.74) is 3.13. The number of halogens is 1. The summed E-state index contributed by atoms with van der Waals surface area (Å²) in [5, 5.41) is 0. The Labute approximate surface area is 136 Å². The lowest BCUT2D eigenvalue weighted by Gasteiger charge is -2.09. The molecule has 0 aliphatic carbocycles. The summed E-state index contributed by atoms with van der Waals surface area (Å²) in [6.07, 6.45) is 5.10. The largest absolute Gasteiger partial charge is 0.324 e. The summed E-state index contributed by atoms with van der Waals surface area (Å²) >= 11 is 0. The van der Waals surface area contributed by atoms with Crippen LogP contribution in [0.2, 0.25) is 0 Å². The first-order valence-corrected chi connectivity index (χ1v) is 8.02. The van der Waals surface area contributed by atoms with Crippen molar-refractivity contribution < 1.29 is 4.39 Å². The molecule has 1 heterocycles. The molecule has 0 aliphatic rings. The predicted molar refractivity (Wildman–Crippen MR) is 94.5 cm³/mol. The van der Waals surface area contributed by atoms with Gasteiger partial charge in [0.05, 0.1) is 11.0 Å². The van der Waals surface area contributed by atoms with Gasteiger partial charge in [0.1, 0.15) is 11.6 Å². The van der Waals surface area contributed by atoms with E-state index in [1.807, 2.05) is 30.4 Å². The van der Waals surface area contributed by atoms with Crippen LogP contribution in [0.3, 0.4) is 0 Å². The van der Waals surface area contributed by atoms with Gasteiger partial charge in [0, 0.05) is 6.54 Å². The second-order valence-corrected chi connectivity index (χ2v) is 6.18. The van der Waals surface area contributed by atoms with Crippen molar-refractivity contribution in [2.75, 3.05) is 0 Å². The Morgan fingerprint density at radius 2 is 1.78 bits per heavy atom. The molecule has 1 aromatic heterocycles. The van der Waals surface area contributed by atoms with Crippen LogP contribution in [0.5, 0.6) is 0 Å². The number of fused-ring (bicyclic) bond motifs is 1. The highest BCUT2D eigenvalue weighted by atomic mass is 19.1. The van der Waals surface area contributed by atoms with E-state index in [1.54, 1.807) is 12.1 Å². The molecule has 0 N–H and O–H groups in total. The van der Waals surface area contributed by atoms with E-state index in [9.17, 15) is 4.39 Å². The SMILES string of the molecule is CC(C)CCn1c(C=Cc2ccc(F)cc2)nc2ccccc21. The molecule has 0 bridgehead atoms. The minimum absolute atomic E-state index is 0.216. The molecule has 0 radical (unpaired) electrons. The maximum atomic E-state index is 13.0. The van der Waals surface area contributed by atoms with Crippen molar-refractivity contribution in [1.29, 1.82) is 0 Å². The molecule has 0 fully saturated rings. The van der Waals surface area contributed by atoms with Crippen molar-refractivity contribution in [3.8, 4) is 0 Å². The summed E-state index contributed by atoms with van der Waals surface area (Å²) in [5.74, 6) is 1.37. The van der Waals surface area contributed by atoms with Crippen LogP contribution in [0.15, 0.2) is 48.5 Å². The van der Waals surface area contributed by atoms with E-state index in [2.05, 4.69) is 24.5 Å². The fourth-order valence-corrected chi connectivity index (χ4v) is 2.59. The number of aryl methyl sites for hydroxylation is 1. The van der Waals surface area contributed by atoms with Gasteiger partial charge in [-0.05, 0) is 48.2 Å². The van der Waals surface area contributed by atoms with Crippen LogP contribution in [0.25, 0.3) is 23.2 Å². The molecule has 0 atom stereocenters. The van der Waals surface area contributed by atoms with Crippen LogP contribution >= 0.6 is 0 Å². The smallest absolute Gasteiger partial charge is 0.133 e. The fraction of sp³-hybridized carbons (Fsp3) is 0.250. The predicted octanol–water partition coefficient (Wildman–Crippen LogP) is 5.39. The summed E-state index contributed by atoms with van der Waals surface area (Å²) in [6, 6.07) is 14.7. The Balaban J connectivity index is 1.95. The van der Waals surface area contributed by atoms with Gasteiger partial charge in [0.2, 0.25) is 0 Å². The van der Waals surface area contributed by atoms with Crippen molar-refractivity contribution in [2.24, 2.45) is 5.92 Å². The molecule has 3 aromatic rings. The molecular weight excluding hydrogens is 287 g/mol. The van der Waals surface area contributed by atoms with Gasteiger partial charge in [-0.2, -0.15) is 0 Å². The van der Waals surface area contributed by atoms with Gasteiger partial charge in [0.15, 0.2) is 0 Å². The van der Waals surface area contributed by atoms with E-state index < -0.39 is 0 Å². The van der Waals surface area contributed by atoms with Crippen LogP contribution in [0.4, 0.5) is 4.39 Å². The lowest BCUT2D eigenvalue weighted by atomic mass is 10.1. The molecule has 2 nitrogen and oxygen atoms in total. The lowest BCUT2D eigenvalue weighted by molar-refractivity contribution is 0.521. The molecule has 0 saturated carbocycles. The average molecular weight is 308 g/mol. The Kier molecular flexibility index (Phi) is 4.56. The number of para-hydroxylation sites is 2. The van der Waals surface area contributed by atoms with Gasteiger partial charge in [-0.15, -0.1) is 0 Å². The number of imidazole rings is 1. The van der Waals surface area contributed by atoms with Gasteiger partial charge in [-0.1, -0.05) is 44.2 Å². The van der Waals surface area contributed by atoms with Crippen molar-refractivity contribution in [3.63, 3.8) is 0 Å². The van der Waals surface area contributed by atoms with E-state index in [0.717, 1.165) is 35.4 Å². The molecule has 3 rings (SSSR count). The van der Waals surface area contributed by atoms with E-state index in [0.29, 0.717) is 5.92 Å². The Hall–Kier alpha value is -2.42. The highest BCUT2D eigenvalue weighted by molar-refractivity contribution is 5.79. The van der Waals surface area contributed by atoms with E-state index in [1.165, 1.54) is 12.1 Å². The van der Waals surface area contributed by atoms with Crippen LogP contribution in [-0.2, 0) is 6.54 Å². The van der Waals surface area contributed by atoms with Gasteiger partial charge in [-0.25, -0.2) is 9.37 Å². The summed E-state index contributed by atoms with van der Waals surface area (Å²) in [6.45, 7) is 5.40. The highest BCUT2D eigenvalue weighted by Crippen LogP contribution is 2.19. The Morgan fingerprint density at radius 1 is 1.04 bits per heavy atom. The van der Waals surface area contributed by atoms with Crippen molar-refractivity contribution in [1.82, 2.24) is 9.55 Å². The Bertz CT molecular complexity index is 813. The third-order valence-corrected chi connectivity index (χ3v) is 3.91. The third-order valence-electron chi connectivity index (χ3n) is 3.91. The van der Waals surface area contributed by atoms with E-state index >= 15 is 0 Å². The van der Waals surface area contributed by atoms with Crippen molar-refractivity contribution in [2.45, 2.75) is 26.8 Å². The fourth-order valence-electron chi connectivity index (χ4n) is 2.59. The zero-order valence-electron chi connectivity index (χ0n) is 13.5. The molecule has 3 heteroatoms. The van der Waals surface area contributed by atoms with Crippen LogP contribution < -0.4 is 0 Å². The van der Waals surface area contributed by atoms with Crippen molar-refractivity contribution in [3.05, 3.63) is 65.7 Å². The summed E-state index contributed by atoms with van der Waals surface area (Å²) < 4.78 is 15.2. The first kappa shape index (κ1) is 15.5. The molecule has 0 unspecified atom stereocenters. The number of nitrogens with zero attached hydrogens (tertiary/aromatic N) is 2. The van der Waals surface area contributed by atoms with Gasteiger partial charge in [-0.3, -0.25) is 0 Å². The number of benzene rings is 2. The standard InChI is InChI=1S/C20H21FN2/c1-15(2)13-14-23-19-6-4-3-5-18(19)22-20(23)12-9-16-7-10-17(21)11-8-16/h3-12,15H,13-14H2,1-2H3. The van der Waals surface area contributed by atoms with Crippen LogP contribution in [0.1, 0.15) is 31.7 Å². The molecule has 0 saturated heterocycles. The zero-order valence-corrected chi connectivity index (χ0v) is 13.5. The van der Waals surface area contributed by atoms with E-state index in [4.69, 9.17) is 4.98 Å². The van der Waals surface area contributed by atoms with Crippen molar-refractivity contribution >= 4 is 23.2 Å². The number of hydrogen-bond acceptors (Lipinski definition) is 1. The molecule has 23 heavy (non-hydrogen) atoms. The number of rotatable bonds is 5. The van der Waals surface area contributed by atoms with Crippen LogP contribution in [0, 0.1) is 11.7 Å². The summed E-state index contributed by atoms with van der Waals surface area (Å²) in [4.78, 5) is 4.73. The van der Waals surface area contributed by atoms with Crippen LogP contribution in [-0.4, -0.2) is 9.55 Å². The van der Waals surface area contributed by atoms with E-state index in [-0.39, 0.29) is 5.82 Å². The number of hydrogen-bond donors (Lipinski definition) is 0. The normalized spacial score (nSPS) is 11.8. The first-order chi connectivity index (χ1) is 11.1. The third kappa shape index (κ3) is 3.67. The average Bonchev–Trinajstić information content (AvgIpc) is 2.90. The molecular formula is C20H21FN2. The lowest BCUT2D eigenvalue weighted by Crippen LogP contribution is -2.03. The second-order valence-electron chi connectivity index (χ2n) is 6.18. The second kappa shape index (κ2) is 6.78. The molecule has 118 valence electrons. The van der Waals surface area contributed by atoms with Gasteiger partial charge < -0.3 is 4.57 Å². The highest BCUT2D eigenvalue weighted by Gasteiger charge is 2.08. The zero-order chi connectivity index (χ0) is 16.2.